The molecule has 0 atom stereocenters. The molecule has 1 aromatic rings. The molecule has 0 bridgehead atoms. The SMILES string of the molecule is CCOC(=O)Nc1cc(Br)c2c(c1)N(C(=O)OCC)CN=C2. The van der Waals surface area contributed by atoms with Gasteiger partial charge in [0.05, 0.1) is 18.9 Å². The van der Waals surface area contributed by atoms with Gasteiger partial charge in [-0.05, 0) is 41.9 Å². The van der Waals surface area contributed by atoms with Crippen LogP contribution in [0.25, 0.3) is 0 Å². The number of ether oxygens (including phenoxy) is 2. The van der Waals surface area contributed by atoms with Gasteiger partial charge in [0.1, 0.15) is 6.67 Å². The maximum atomic E-state index is 12.0. The van der Waals surface area contributed by atoms with Crippen molar-refractivity contribution in [2.45, 2.75) is 13.8 Å². The van der Waals surface area contributed by atoms with Crippen LogP contribution in [0.2, 0.25) is 0 Å². The first-order valence-corrected chi connectivity index (χ1v) is 7.57. The Morgan fingerprint density at radius 3 is 2.73 bits per heavy atom. The molecule has 0 fully saturated rings. The first kappa shape index (κ1) is 16.3. The van der Waals surface area contributed by atoms with Crippen LogP contribution in [0.1, 0.15) is 19.4 Å². The molecule has 2 amide bonds. The van der Waals surface area contributed by atoms with Crippen LogP contribution in [0.5, 0.6) is 0 Å². The van der Waals surface area contributed by atoms with Crippen molar-refractivity contribution in [2.24, 2.45) is 4.99 Å². The molecule has 1 aliphatic heterocycles. The van der Waals surface area contributed by atoms with Crippen molar-refractivity contribution < 1.29 is 19.1 Å². The minimum absolute atomic E-state index is 0.168. The number of hydrogen-bond acceptors (Lipinski definition) is 5. The van der Waals surface area contributed by atoms with Crippen molar-refractivity contribution in [3.63, 3.8) is 0 Å². The summed E-state index contributed by atoms with van der Waals surface area (Å²) in [6.07, 6.45) is 0.630. The lowest BCUT2D eigenvalue weighted by atomic mass is 10.1. The molecule has 0 saturated heterocycles. The Bertz CT molecular complexity index is 618. The van der Waals surface area contributed by atoms with Crippen LogP contribution in [0.3, 0.4) is 0 Å². The second kappa shape index (κ2) is 7.26. The molecule has 0 radical (unpaired) electrons. The van der Waals surface area contributed by atoms with E-state index in [1.165, 1.54) is 4.90 Å². The highest BCUT2D eigenvalue weighted by Gasteiger charge is 2.24. The molecule has 0 aromatic heterocycles. The number of nitrogens with one attached hydrogen (secondary N) is 1. The second-order valence-electron chi connectivity index (χ2n) is 4.32. The maximum absolute atomic E-state index is 12.0. The topological polar surface area (TPSA) is 80.2 Å². The summed E-state index contributed by atoms with van der Waals surface area (Å²) >= 11 is 3.42. The van der Waals surface area contributed by atoms with Gasteiger partial charge in [-0.2, -0.15) is 0 Å². The molecule has 2 rings (SSSR count). The highest BCUT2D eigenvalue weighted by atomic mass is 79.9. The lowest BCUT2D eigenvalue weighted by molar-refractivity contribution is 0.160. The average molecular weight is 370 g/mol. The summed E-state index contributed by atoms with van der Waals surface area (Å²) in [5.41, 5.74) is 1.86. The van der Waals surface area contributed by atoms with E-state index in [9.17, 15) is 9.59 Å². The molecule has 0 saturated carbocycles. The van der Waals surface area contributed by atoms with Crippen molar-refractivity contribution in [2.75, 3.05) is 30.1 Å². The molecule has 1 N–H and O–H groups in total. The number of carbonyl (C=O) groups is 2. The van der Waals surface area contributed by atoms with Crippen LogP contribution < -0.4 is 10.2 Å². The minimum Gasteiger partial charge on any atom is -0.450 e. The summed E-state index contributed by atoms with van der Waals surface area (Å²) in [6.45, 7) is 4.18. The fourth-order valence-electron chi connectivity index (χ4n) is 1.96. The molecule has 1 heterocycles. The van der Waals surface area contributed by atoms with E-state index in [0.717, 1.165) is 5.56 Å². The maximum Gasteiger partial charge on any atom is 0.415 e. The van der Waals surface area contributed by atoms with Crippen LogP contribution in [0, 0.1) is 0 Å². The standard InChI is InChI=1S/C14H16BrN3O4/c1-3-21-13(19)17-9-5-11(15)10-7-16-8-18(12(10)6-9)14(20)22-4-2/h5-7H,3-4,8H2,1-2H3,(H,17,19). The Morgan fingerprint density at radius 2 is 2.05 bits per heavy atom. The first-order valence-electron chi connectivity index (χ1n) is 6.78. The molecule has 118 valence electrons. The van der Waals surface area contributed by atoms with Gasteiger partial charge in [0.15, 0.2) is 0 Å². The lowest BCUT2D eigenvalue weighted by Gasteiger charge is -2.26. The average Bonchev–Trinajstić information content (AvgIpc) is 2.47. The number of anilines is 2. The fourth-order valence-corrected chi connectivity index (χ4v) is 2.51. The number of rotatable bonds is 3. The normalized spacial score (nSPS) is 12.6. The largest absolute Gasteiger partial charge is 0.450 e. The molecule has 1 aromatic carbocycles. The van der Waals surface area contributed by atoms with Gasteiger partial charge in [0.2, 0.25) is 0 Å². The number of carbonyl (C=O) groups excluding carboxylic acids is 2. The molecule has 0 spiro atoms. The number of benzene rings is 1. The number of halogens is 1. The predicted octanol–water partition coefficient (Wildman–Crippen LogP) is 3.37. The third-order valence-electron chi connectivity index (χ3n) is 2.85. The summed E-state index contributed by atoms with van der Waals surface area (Å²) in [5.74, 6) is 0. The number of amides is 2. The Balaban J connectivity index is 2.33. The van der Waals surface area contributed by atoms with Gasteiger partial charge >= 0.3 is 12.2 Å². The van der Waals surface area contributed by atoms with Crippen LogP contribution >= 0.6 is 15.9 Å². The van der Waals surface area contributed by atoms with Crippen molar-refractivity contribution in [3.05, 3.63) is 22.2 Å². The third kappa shape index (κ3) is 3.56. The first-order chi connectivity index (χ1) is 10.6. The number of hydrogen-bond donors (Lipinski definition) is 1. The smallest absolute Gasteiger partial charge is 0.415 e. The quantitative estimate of drug-likeness (QED) is 0.885. The second-order valence-corrected chi connectivity index (χ2v) is 5.17. The molecular weight excluding hydrogens is 354 g/mol. The molecule has 8 heteroatoms. The summed E-state index contributed by atoms with van der Waals surface area (Å²) in [6, 6.07) is 3.40. The van der Waals surface area contributed by atoms with Gasteiger partial charge in [-0.25, -0.2) is 9.59 Å². The van der Waals surface area contributed by atoms with Gasteiger partial charge in [0.25, 0.3) is 0 Å². The summed E-state index contributed by atoms with van der Waals surface area (Å²) in [4.78, 5) is 29.1. The zero-order valence-electron chi connectivity index (χ0n) is 12.3. The van der Waals surface area contributed by atoms with Crippen LogP contribution in [0.15, 0.2) is 21.6 Å². The minimum atomic E-state index is -0.554. The zero-order chi connectivity index (χ0) is 16.1. The lowest BCUT2D eigenvalue weighted by Crippen LogP contribution is -2.34. The highest BCUT2D eigenvalue weighted by Crippen LogP contribution is 2.33. The zero-order valence-corrected chi connectivity index (χ0v) is 13.8. The molecule has 22 heavy (non-hydrogen) atoms. The van der Waals surface area contributed by atoms with Crippen molar-refractivity contribution in [1.82, 2.24) is 0 Å². The molecule has 0 aliphatic carbocycles. The van der Waals surface area contributed by atoms with Crippen molar-refractivity contribution >= 4 is 45.7 Å². The summed E-state index contributed by atoms with van der Waals surface area (Å²) in [5, 5.41) is 2.61. The van der Waals surface area contributed by atoms with Gasteiger partial charge in [0, 0.05) is 21.9 Å². The number of aliphatic imine (C=N–C) groups is 1. The van der Waals surface area contributed by atoms with E-state index >= 15 is 0 Å². The van der Waals surface area contributed by atoms with E-state index < -0.39 is 12.2 Å². The Kier molecular flexibility index (Phi) is 5.37. The Hall–Kier alpha value is -2.09. The van der Waals surface area contributed by atoms with Gasteiger partial charge in [-0.15, -0.1) is 0 Å². The Labute approximate surface area is 136 Å². The summed E-state index contributed by atoms with van der Waals surface area (Å²) in [7, 11) is 0. The number of fused-ring (bicyclic) bond motifs is 1. The molecular formula is C14H16BrN3O4. The van der Waals surface area contributed by atoms with E-state index in [1.54, 1.807) is 32.2 Å². The van der Waals surface area contributed by atoms with E-state index in [-0.39, 0.29) is 19.9 Å². The van der Waals surface area contributed by atoms with Crippen LogP contribution in [-0.2, 0) is 9.47 Å². The third-order valence-corrected chi connectivity index (χ3v) is 3.51. The highest BCUT2D eigenvalue weighted by molar-refractivity contribution is 9.10. The number of nitrogens with zero attached hydrogens (tertiary/aromatic N) is 2. The van der Waals surface area contributed by atoms with Crippen LogP contribution in [-0.4, -0.2) is 38.3 Å². The molecule has 7 nitrogen and oxygen atoms in total. The predicted molar refractivity (Wildman–Crippen MR) is 86.7 cm³/mol. The van der Waals surface area contributed by atoms with E-state index in [1.807, 2.05) is 0 Å². The van der Waals surface area contributed by atoms with Crippen molar-refractivity contribution in [1.29, 1.82) is 0 Å². The molecule has 1 aliphatic rings. The van der Waals surface area contributed by atoms with Gasteiger partial charge < -0.3 is 9.47 Å². The van der Waals surface area contributed by atoms with Crippen molar-refractivity contribution in [3.8, 4) is 0 Å². The van der Waals surface area contributed by atoms with Gasteiger partial charge in [-0.1, -0.05) is 0 Å². The van der Waals surface area contributed by atoms with E-state index in [2.05, 4.69) is 26.2 Å². The van der Waals surface area contributed by atoms with Crippen LogP contribution in [0.4, 0.5) is 21.0 Å². The Morgan fingerprint density at radius 1 is 1.32 bits per heavy atom. The molecule has 0 unspecified atom stereocenters. The van der Waals surface area contributed by atoms with E-state index in [0.29, 0.717) is 15.8 Å². The van der Waals surface area contributed by atoms with E-state index in [4.69, 9.17) is 9.47 Å². The fraction of sp³-hybridized carbons (Fsp3) is 0.357. The monoisotopic (exact) mass is 369 g/mol. The van der Waals surface area contributed by atoms with Gasteiger partial charge in [-0.3, -0.25) is 15.2 Å². The summed E-state index contributed by atoms with van der Waals surface area (Å²) < 4.78 is 10.6.